The van der Waals surface area contributed by atoms with Crippen LogP contribution in [0.4, 0.5) is 5.69 Å². The molecule has 0 saturated carbocycles. The Morgan fingerprint density at radius 3 is 2.60 bits per heavy atom. The minimum atomic E-state index is -0.393. The van der Waals surface area contributed by atoms with Crippen LogP contribution >= 0.6 is 0 Å². The van der Waals surface area contributed by atoms with Crippen LogP contribution < -0.4 is 0 Å². The summed E-state index contributed by atoms with van der Waals surface area (Å²) < 4.78 is 0. The van der Waals surface area contributed by atoms with Gasteiger partial charge in [0.2, 0.25) is 5.91 Å². The van der Waals surface area contributed by atoms with E-state index in [4.69, 9.17) is 0 Å². The predicted octanol–water partition coefficient (Wildman–Crippen LogP) is 4.21. The number of amides is 1. The number of non-ortho nitro benzene ring substituents is 1. The molecule has 5 heteroatoms. The molecule has 1 atom stereocenters. The lowest BCUT2D eigenvalue weighted by molar-refractivity contribution is -0.384. The molecule has 0 bridgehead atoms. The lowest BCUT2D eigenvalue weighted by atomic mass is 10.0. The molecule has 1 heterocycles. The van der Waals surface area contributed by atoms with Crippen molar-refractivity contribution < 1.29 is 9.72 Å². The summed E-state index contributed by atoms with van der Waals surface area (Å²) >= 11 is 0. The van der Waals surface area contributed by atoms with Crippen LogP contribution in [0.5, 0.6) is 0 Å². The Balaban J connectivity index is 1.71. The Morgan fingerprint density at radius 2 is 1.92 bits per heavy atom. The van der Waals surface area contributed by atoms with Crippen LogP contribution in [-0.4, -0.2) is 28.3 Å². The number of piperidine rings is 1. The summed E-state index contributed by atoms with van der Waals surface area (Å²) in [6.07, 6.45) is 3.77. The third-order valence-electron chi connectivity index (χ3n) is 4.82. The number of hydrogen-bond donors (Lipinski definition) is 0. The number of likely N-dealkylation sites (tertiary alicyclic amines) is 1. The van der Waals surface area contributed by atoms with E-state index in [2.05, 4.69) is 6.92 Å². The van der Waals surface area contributed by atoms with Crippen molar-refractivity contribution in [1.29, 1.82) is 0 Å². The summed E-state index contributed by atoms with van der Waals surface area (Å²) in [7, 11) is 0. The van der Waals surface area contributed by atoms with E-state index < -0.39 is 4.92 Å². The zero-order valence-electron chi connectivity index (χ0n) is 14.4. The number of hydrogen-bond acceptors (Lipinski definition) is 3. The maximum absolute atomic E-state index is 12.5. The molecule has 2 aromatic rings. The van der Waals surface area contributed by atoms with E-state index in [1.54, 1.807) is 12.1 Å². The number of nitro benzene ring substituents is 1. The summed E-state index contributed by atoms with van der Waals surface area (Å²) in [6, 6.07) is 14.6. The first-order valence-electron chi connectivity index (χ1n) is 8.68. The van der Waals surface area contributed by atoms with E-state index in [1.165, 1.54) is 12.5 Å². The van der Waals surface area contributed by atoms with Gasteiger partial charge < -0.3 is 4.90 Å². The third-order valence-corrected chi connectivity index (χ3v) is 4.82. The van der Waals surface area contributed by atoms with Crippen molar-refractivity contribution in [3.8, 4) is 11.1 Å². The fourth-order valence-electron chi connectivity index (χ4n) is 3.36. The Bertz CT molecular complexity index is 771. The first-order valence-corrected chi connectivity index (χ1v) is 8.68. The van der Waals surface area contributed by atoms with Crippen molar-refractivity contribution in [3.63, 3.8) is 0 Å². The quantitative estimate of drug-likeness (QED) is 0.620. The molecule has 0 N–H and O–H groups in total. The minimum Gasteiger partial charge on any atom is -0.340 e. The van der Waals surface area contributed by atoms with E-state index in [1.807, 2.05) is 35.2 Å². The molecule has 0 aliphatic carbocycles. The normalized spacial score (nSPS) is 17.3. The Kier molecular flexibility index (Phi) is 5.12. The summed E-state index contributed by atoms with van der Waals surface area (Å²) in [5.41, 5.74) is 2.76. The van der Waals surface area contributed by atoms with Crippen LogP contribution in [0.1, 0.15) is 31.7 Å². The van der Waals surface area contributed by atoms with Gasteiger partial charge >= 0.3 is 0 Å². The average Bonchev–Trinajstić information content (AvgIpc) is 2.62. The van der Waals surface area contributed by atoms with Gasteiger partial charge in [-0.2, -0.15) is 0 Å². The van der Waals surface area contributed by atoms with E-state index in [-0.39, 0.29) is 11.6 Å². The lowest BCUT2D eigenvalue weighted by Gasteiger charge is -2.33. The van der Waals surface area contributed by atoms with Crippen LogP contribution in [-0.2, 0) is 11.2 Å². The molecule has 0 spiro atoms. The summed E-state index contributed by atoms with van der Waals surface area (Å²) in [5.74, 6) is 0.176. The van der Waals surface area contributed by atoms with Crippen molar-refractivity contribution in [2.75, 3.05) is 6.54 Å². The second-order valence-electron chi connectivity index (χ2n) is 6.61. The van der Waals surface area contributed by atoms with Gasteiger partial charge in [0.25, 0.3) is 5.69 Å². The van der Waals surface area contributed by atoms with Gasteiger partial charge in [0.1, 0.15) is 0 Å². The minimum absolute atomic E-state index is 0.0795. The SMILES string of the molecule is C[C@H]1CCCCN1C(=O)Cc1ccc(-c2cccc([N+](=O)[O-])c2)cc1. The molecular formula is C20H22N2O3. The fraction of sp³-hybridized carbons (Fsp3) is 0.350. The third kappa shape index (κ3) is 4.05. The predicted molar refractivity (Wildman–Crippen MR) is 97.3 cm³/mol. The first-order chi connectivity index (χ1) is 12.0. The molecule has 1 amide bonds. The number of carbonyl (C=O) groups is 1. The van der Waals surface area contributed by atoms with Gasteiger partial charge in [-0.05, 0) is 42.9 Å². The van der Waals surface area contributed by atoms with Gasteiger partial charge in [-0.15, -0.1) is 0 Å². The Labute approximate surface area is 147 Å². The van der Waals surface area contributed by atoms with Crippen molar-refractivity contribution in [2.45, 2.75) is 38.6 Å². The number of carbonyl (C=O) groups excluding carboxylic acids is 1. The van der Waals surface area contributed by atoms with E-state index in [0.29, 0.717) is 12.5 Å². The largest absolute Gasteiger partial charge is 0.340 e. The zero-order chi connectivity index (χ0) is 17.8. The molecule has 0 radical (unpaired) electrons. The molecule has 130 valence electrons. The molecule has 1 saturated heterocycles. The number of benzene rings is 2. The number of rotatable bonds is 4. The van der Waals surface area contributed by atoms with E-state index in [9.17, 15) is 14.9 Å². The topological polar surface area (TPSA) is 63.5 Å². The summed E-state index contributed by atoms with van der Waals surface area (Å²) in [5, 5.41) is 10.9. The van der Waals surface area contributed by atoms with Gasteiger partial charge in [-0.1, -0.05) is 36.4 Å². The highest BCUT2D eigenvalue weighted by Gasteiger charge is 2.22. The van der Waals surface area contributed by atoms with Crippen molar-refractivity contribution in [3.05, 3.63) is 64.2 Å². The molecule has 2 aromatic carbocycles. The molecule has 0 unspecified atom stereocenters. The number of nitrogens with zero attached hydrogens (tertiary/aromatic N) is 2. The molecule has 0 aromatic heterocycles. The molecular weight excluding hydrogens is 316 g/mol. The second kappa shape index (κ2) is 7.47. The molecule has 5 nitrogen and oxygen atoms in total. The fourth-order valence-corrected chi connectivity index (χ4v) is 3.36. The Morgan fingerprint density at radius 1 is 1.16 bits per heavy atom. The zero-order valence-corrected chi connectivity index (χ0v) is 14.4. The molecule has 1 fully saturated rings. The molecule has 1 aliphatic rings. The van der Waals surface area contributed by atoms with Gasteiger partial charge in [-0.3, -0.25) is 14.9 Å². The van der Waals surface area contributed by atoms with Crippen molar-refractivity contribution in [2.24, 2.45) is 0 Å². The smallest absolute Gasteiger partial charge is 0.270 e. The monoisotopic (exact) mass is 338 g/mol. The second-order valence-corrected chi connectivity index (χ2v) is 6.61. The highest BCUT2D eigenvalue weighted by Crippen LogP contribution is 2.24. The molecule has 3 rings (SSSR count). The van der Waals surface area contributed by atoms with Crippen molar-refractivity contribution >= 4 is 11.6 Å². The van der Waals surface area contributed by atoms with Crippen LogP contribution in [0.2, 0.25) is 0 Å². The number of nitro groups is 1. The highest BCUT2D eigenvalue weighted by atomic mass is 16.6. The van der Waals surface area contributed by atoms with Gasteiger partial charge in [0.15, 0.2) is 0 Å². The molecule has 25 heavy (non-hydrogen) atoms. The molecule has 1 aliphatic heterocycles. The maximum Gasteiger partial charge on any atom is 0.270 e. The average molecular weight is 338 g/mol. The van der Waals surface area contributed by atoms with Crippen LogP contribution in [0.3, 0.4) is 0 Å². The van der Waals surface area contributed by atoms with Gasteiger partial charge in [-0.25, -0.2) is 0 Å². The van der Waals surface area contributed by atoms with Gasteiger partial charge in [0, 0.05) is 24.7 Å². The first kappa shape index (κ1) is 17.1. The Hall–Kier alpha value is -2.69. The lowest BCUT2D eigenvalue weighted by Crippen LogP contribution is -2.42. The van der Waals surface area contributed by atoms with Crippen LogP contribution in [0, 0.1) is 10.1 Å². The van der Waals surface area contributed by atoms with E-state index in [0.717, 1.165) is 36.1 Å². The van der Waals surface area contributed by atoms with Crippen LogP contribution in [0.15, 0.2) is 48.5 Å². The van der Waals surface area contributed by atoms with Crippen molar-refractivity contribution in [1.82, 2.24) is 4.90 Å². The standard InChI is InChI=1S/C20H22N2O3/c1-15-5-2-3-12-21(15)20(23)13-16-8-10-17(11-9-16)18-6-4-7-19(14-18)22(24)25/h4,6-11,14-15H,2-3,5,12-13H2,1H3/t15-/m0/s1. The van der Waals surface area contributed by atoms with Crippen LogP contribution in [0.25, 0.3) is 11.1 Å². The maximum atomic E-state index is 12.5. The van der Waals surface area contributed by atoms with Gasteiger partial charge in [0.05, 0.1) is 11.3 Å². The summed E-state index contributed by atoms with van der Waals surface area (Å²) in [6.45, 7) is 2.97. The van der Waals surface area contributed by atoms with E-state index >= 15 is 0 Å². The summed E-state index contributed by atoms with van der Waals surface area (Å²) in [4.78, 5) is 25.0. The highest BCUT2D eigenvalue weighted by molar-refractivity contribution is 5.79.